The number of aliphatic hydroxyl groups is 1. The van der Waals surface area contributed by atoms with Crippen LogP contribution in [0, 0.1) is 57.7 Å². The van der Waals surface area contributed by atoms with E-state index < -0.39 is 81.2 Å². The Morgan fingerprint density at radius 3 is 2.15 bits per heavy atom. The van der Waals surface area contributed by atoms with Gasteiger partial charge in [0.25, 0.3) is 0 Å². The van der Waals surface area contributed by atoms with Crippen LogP contribution in [0.2, 0.25) is 0 Å². The summed E-state index contributed by atoms with van der Waals surface area (Å²) in [4.78, 5) is 48.8. The van der Waals surface area contributed by atoms with E-state index in [-0.39, 0.29) is 29.8 Å². The standard InChI is InChI=1S/C44H68NO14P/c1-25(2)12-10-13-26(3)33-14-15-34-38-35(17-19-44(33,34)9)43(8)18-16-32(22-31(43)23-36(38)50)59-60(51,52-21-11-20-45)53-24-37-39(54-27(4)46)40(55-28(5)47)41(56-29(6)48)42(58-37)57-30(7)49/h23,25-26,32-42,50H,10-19,21-22,24H2,1-9H3/t26-,32+,33-,34+,35+,36+,37-,38+,39-,40+,41+,42?,43+,44-,60?/m1/s1. The van der Waals surface area contributed by atoms with Gasteiger partial charge in [0.15, 0.2) is 12.2 Å². The maximum atomic E-state index is 14.5. The van der Waals surface area contributed by atoms with E-state index in [9.17, 15) is 34.1 Å². The number of nitrogens with zero attached hydrogens (tertiary/aromatic N) is 1. The zero-order valence-electron chi connectivity index (χ0n) is 36.9. The van der Waals surface area contributed by atoms with Crippen molar-refractivity contribution in [2.75, 3.05) is 13.2 Å². The van der Waals surface area contributed by atoms with E-state index in [2.05, 4.69) is 34.6 Å². The number of phosphoric acid groups is 1. The number of phosphoric ester groups is 1. The summed E-state index contributed by atoms with van der Waals surface area (Å²) >= 11 is 0. The fourth-order valence-corrected chi connectivity index (χ4v) is 13.0. The van der Waals surface area contributed by atoms with Gasteiger partial charge in [-0.15, -0.1) is 0 Å². The molecule has 0 aromatic carbocycles. The maximum absolute atomic E-state index is 14.5. The van der Waals surface area contributed by atoms with E-state index in [4.69, 9.17) is 37.3 Å². The van der Waals surface area contributed by atoms with Crippen molar-refractivity contribution in [2.45, 2.75) is 176 Å². The summed E-state index contributed by atoms with van der Waals surface area (Å²) < 4.78 is 59.7. The molecular formula is C44H68NO14P. The fraction of sp³-hybridized carbons (Fsp3) is 0.841. The average molecular weight is 866 g/mol. The van der Waals surface area contributed by atoms with Crippen LogP contribution < -0.4 is 0 Å². The number of nitriles is 1. The number of fused-ring (bicyclic) bond motifs is 5. The number of aliphatic hydroxyl groups excluding tert-OH is 1. The molecule has 0 aromatic rings. The average Bonchev–Trinajstić information content (AvgIpc) is 3.50. The van der Waals surface area contributed by atoms with Crippen molar-refractivity contribution in [1.82, 2.24) is 0 Å². The van der Waals surface area contributed by atoms with Gasteiger partial charge in [0, 0.05) is 27.7 Å². The van der Waals surface area contributed by atoms with E-state index in [0.717, 1.165) is 59.0 Å². The second-order valence-corrected chi connectivity index (χ2v) is 20.4. The van der Waals surface area contributed by atoms with Crippen LogP contribution in [-0.4, -0.2) is 85.1 Å². The summed E-state index contributed by atoms with van der Waals surface area (Å²) in [5, 5.41) is 21.2. The van der Waals surface area contributed by atoms with Gasteiger partial charge < -0.3 is 28.8 Å². The Morgan fingerprint density at radius 2 is 1.52 bits per heavy atom. The lowest BCUT2D eigenvalue weighted by atomic mass is 9.46. The summed E-state index contributed by atoms with van der Waals surface area (Å²) in [5.74, 6) is -0.389. The summed E-state index contributed by atoms with van der Waals surface area (Å²) in [6.07, 6.45) is 2.95. The molecule has 0 radical (unpaired) electrons. The highest BCUT2D eigenvalue weighted by molar-refractivity contribution is 7.48. The van der Waals surface area contributed by atoms with Gasteiger partial charge in [-0.05, 0) is 91.3 Å². The first kappa shape index (κ1) is 48.2. The largest absolute Gasteiger partial charge is 0.475 e. The zero-order valence-corrected chi connectivity index (χ0v) is 37.8. The zero-order chi connectivity index (χ0) is 44.2. The van der Waals surface area contributed by atoms with Crippen molar-refractivity contribution in [3.63, 3.8) is 0 Å². The van der Waals surface area contributed by atoms with Gasteiger partial charge in [-0.1, -0.05) is 65.5 Å². The lowest BCUT2D eigenvalue weighted by Gasteiger charge is -2.59. The van der Waals surface area contributed by atoms with E-state index in [1.165, 1.54) is 25.7 Å². The third-order valence-corrected chi connectivity index (χ3v) is 15.7. The van der Waals surface area contributed by atoms with Crippen molar-refractivity contribution in [2.24, 2.45) is 46.3 Å². The molecule has 1 N–H and O–H groups in total. The van der Waals surface area contributed by atoms with Gasteiger partial charge in [0.2, 0.25) is 12.4 Å². The monoisotopic (exact) mass is 865 g/mol. The number of hydrogen-bond acceptors (Lipinski definition) is 15. The van der Waals surface area contributed by atoms with Gasteiger partial charge in [-0.3, -0.25) is 32.7 Å². The quantitative estimate of drug-likeness (QED) is 0.0494. The highest BCUT2D eigenvalue weighted by Gasteiger charge is 2.61. The molecule has 0 bridgehead atoms. The number of esters is 4. The van der Waals surface area contributed by atoms with Crippen molar-refractivity contribution >= 4 is 31.7 Å². The number of carbonyl (C=O) groups excluding carboxylic acids is 4. The second kappa shape index (κ2) is 20.1. The lowest BCUT2D eigenvalue weighted by Crippen LogP contribution is -2.63. The minimum absolute atomic E-state index is 0.124. The summed E-state index contributed by atoms with van der Waals surface area (Å²) in [5.41, 5.74) is 1.08. The van der Waals surface area contributed by atoms with Crippen LogP contribution >= 0.6 is 7.82 Å². The Morgan fingerprint density at radius 1 is 0.867 bits per heavy atom. The van der Waals surface area contributed by atoms with Crippen LogP contribution in [0.5, 0.6) is 0 Å². The molecule has 2 unspecified atom stereocenters. The Balaban J connectivity index is 1.34. The lowest BCUT2D eigenvalue weighted by molar-refractivity contribution is -0.299. The van der Waals surface area contributed by atoms with E-state index >= 15 is 0 Å². The third-order valence-electron chi connectivity index (χ3n) is 14.2. The summed E-state index contributed by atoms with van der Waals surface area (Å²) in [6.45, 7) is 15.2. The number of hydrogen-bond donors (Lipinski definition) is 1. The number of carbonyl (C=O) groups is 4. The van der Waals surface area contributed by atoms with E-state index in [1.807, 2.05) is 12.1 Å². The molecule has 1 heterocycles. The molecule has 3 saturated carbocycles. The van der Waals surface area contributed by atoms with Gasteiger partial charge in [0.05, 0.1) is 37.9 Å². The van der Waals surface area contributed by atoms with Gasteiger partial charge in [0.1, 0.15) is 6.10 Å². The summed E-state index contributed by atoms with van der Waals surface area (Å²) in [6, 6.07) is 1.95. The normalized spacial score (nSPS) is 37.5. The van der Waals surface area contributed by atoms with Crippen molar-refractivity contribution < 1.29 is 66.1 Å². The highest BCUT2D eigenvalue weighted by atomic mass is 31.2. The Bertz CT molecular complexity index is 1680. The molecule has 0 spiro atoms. The third kappa shape index (κ3) is 11.0. The molecular weight excluding hydrogens is 797 g/mol. The first-order valence-electron chi connectivity index (χ1n) is 21.9. The Labute approximate surface area is 355 Å². The molecule has 60 heavy (non-hydrogen) atoms. The molecule has 15 atom stereocenters. The molecule has 4 fully saturated rings. The second-order valence-electron chi connectivity index (χ2n) is 18.7. The van der Waals surface area contributed by atoms with Crippen molar-refractivity contribution in [3.05, 3.63) is 11.6 Å². The Kier molecular flexibility index (Phi) is 16.1. The number of rotatable bonds is 17. The highest BCUT2D eigenvalue weighted by Crippen LogP contribution is 2.68. The first-order chi connectivity index (χ1) is 28.2. The smallest absolute Gasteiger partial charge is 0.456 e. The molecule has 16 heteroatoms. The van der Waals surface area contributed by atoms with Gasteiger partial charge in [-0.25, -0.2) is 4.57 Å². The van der Waals surface area contributed by atoms with Crippen LogP contribution in [-0.2, 0) is 61.0 Å². The van der Waals surface area contributed by atoms with Crippen molar-refractivity contribution in [1.29, 1.82) is 5.26 Å². The predicted octanol–water partition coefficient (Wildman–Crippen LogP) is 7.52. The van der Waals surface area contributed by atoms with Crippen LogP contribution in [0.1, 0.15) is 133 Å². The predicted molar refractivity (Wildman–Crippen MR) is 216 cm³/mol. The SMILES string of the molecule is CC(=O)OC1O[C@H](COP(=O)(OCCC#N)O[C@H]2CC[C@@]3(C)C(=C[C@H](O)[C@H]4[C@@H]5CC[C@H]([C@H](C)CCCC(C)C)[C@@]5(C)CC[C@@H]43)C2)[C@@H](OC(C)=O)[C@H](OC(C)=O)[C@@H]1OC(C)=O. The molecule has 5 aliphatic rings. The maximum Gasteiger partial charge on any atom is 0.475 e. The molecule has 1 saturated heterocycles. The number of ether oxygens (including phenoxy) is 5. The van der Waals surface area contributed by atoms with E-state index in [1.54, 1.807) is 0 Å². The first-order valence-corrected chi connectivity index (χ1v) is 23.3. The molecule has 0 amide bonds. The van der Waals surface area contributed by atoms with E-state index in [0.29, 0.717) is 42.4 Å². The van der Waals surface area contributed by atoms with Crippen LogP contribution in [0.15, 0.2) is 11.6 Å². The molecule has 338 valence electrons. The topological polar surface area (TPSA) is 203 Å². The fourth-order valence-electron chi connectivity index (χ4n) is 11.6. The van der Waals surface area contributed by atoms with Crippen molar-refractivity contribution in [3.8, 4) is 6.07 Å². The molecule has 5 rings (SSSR count). The van der Waals surface area contributed by atoms with Crippen LogP contribution in [0.25, 0.3) is 0 Å². The molecule has 0 aromatic heterocycles. The minimum atomic E-state index is -4.51. The Hall–Kier alpha value is -2.86. The van der Waals surface area contributed by atoms with Crippen LogP contribution in [0.3, 0.4) is 0 Å². The molecule has 15 nitrogen and oxygen atoms in total. The van der Waals surface area contributed by atoms with Crippen LogP contribution in [0.4, 0.5) is 0 Å². The molecule has 4 aliphatic carbocycles. The van der Waals surface area contributed by atoms with Gasteiger partial charge >= 0.3 is 31.7 Å². The minimum Gasteiger partial charge on any atom is -0.456 e. The summed E-state index contributed by atoms with van der Waals surface area (Å²) in [7, 11) is -4.51. The molecule has 1 aliphatic heterocycles. The van der Waals surface area contributed by atoms with Gasteiger partial charge in [-0.2, -0.15) is 5.26 Å².